The molecule has 0 aliphatic carbocycles. The minimum atomic E-state index is -0.733. The molecule has 1 fully saturated rings. The molecule has 2 atom stereocenters. The molecule has 8 heteroatoms. The molecule has 1 aliphatic rings. The number of imide groups is 1. The van der Waals surface area contributed by atoms with Crippen molar-refractivity contribution in [3.63, 3.8) is 0 Å². The van der Waals surface area contributed by atoms with Crippen LogP contribution in [-0.4, -0.2) is 49.1 Å². The van der Waals surface area contributed by atoms with Crippen LogP contribution in [0.1, 0.15) is 57.2 Å². The van der Waals surface area contributed by atoms with Gasteiger partial charge in [0, 0.05) is 17.6 Å². The Bertz CT molecular complexity index is 1430. The van der Waals surface area contributed by atoms with Gasteiger partial charge < -0.3 is 20.1 Å². The number of carbonyl (C=O) groups excluding carboxylic acids is 3. The SMILES string of the molecule is COc1ccc(C(Cc2ccc(N)cc2)C(=O)N2C(=O)OCC2Cc2ccccc2)cc1N(CC(C)C)C(=O)C(C)(C)C. The van der Waals surface area contributed by atoms with E-state index in [1.165, 1.54) is 4.90 Å². The van der Waals surface area contributed by atoms with Gasteiger partial charge in [-0.2, -0.15) is 0 Å². The predicted octanol–water partition coefficient (Wildman–Crippen LogP) is 6.23. The zero-order valence-corrected chi connectivity index (χ0v) is 26.0. The van der Waals surface area contributed by atoms with Gasteiger partial charge in [-0.3, -0.25) is 9.59 Å². The third-order valence-electron chi connectivity index (χ3n) is 7.56. The summed E-state index contributed by atoms with van der Waals surface area (Å²) in [6, 6.07) is 22.2. The molecule has 228 valence electrons. The van der Waals surface area contributed by atoms with Crippen molar-refractivity contribution in [2.75, 3.05) is 30.9 Å². The fraction of sp³-hybridized carbons (Fsp3) is 0.400. The third kappa shape index (κ3) is 7.55. The van der Waals surface area contributed by atoms with Crippen LogP contribution in [0.25, 0.3) is 0 Å². The van der Waals surface area contributed by atoms with E-state index in [0.29, 0.717) is 42.1 Å². The van der Waals surface area contributed by atoms with E-state index < -0.39 is 23.5 Å². The number of hydrogen-bond donors (Lipinski definition) is 1. The molecule has 2 N–H and O–H groups in total. The lowest BCUT2D eigenvalue weighted by atomic mass is 9.88. The number of cyclic esters (lactones) is 1. The fourth-order valence-corrected chi connectivity index (χ4v) is 5.37. The van der Waals surface area contributed by atoms with Crippen LogP contribution < -0.4 is 15.4 Å². The first kappa shape index (κ1) is 31.6. The average Bonchev–Trinajstić information content (AvgIpc) is 3.33. The molecular weight excluding hydrogens is 542 g/mol. The number of nitrogen functional groups attached to an aromatic ring is 1. The molecule has 3 aromatic rings. The second-order valence-corrected chi connectivity index (χ2v) is 12.6. The van der Waals surface area contributed by atoms with Crippen LogP contribution in [0.2, 0.25) is 0 Å². The van der Waals surface area contributed by atoms with Gasteiger partial charge in [0.25, 0.3) is 0 Å². The van der Waals surface area contributed by atoms with Crippen molar-refractivity contribution in [1.82, 2.24) is 4.90 Å². The molecule has 3 amide bonds. The zero-order chi connectivity index (χ0) is 31.3. The van der Waals surface area contributed by atoms with E-state index in [1.807, 2.05) is 75.4 Å². The summed E-state index contributed by atoms with van der Waals surface area (Å²) in [5.41, 5.74) is 9.08. The second kappa shape index (κ2) is 13.3. The summed E-state index contributed by atoms with van der Waals surface area (Å²) in [5, 5.41) is 0. The van der Waals surface area contributed by atoms with Gasteiger partial charge >= 0.3 is 6.09 Å². The maximum absolute atomic E-state index is 14.4. The van der Waals surface area contributed by atoms with E-state index in [1.54, 1.807) is 30.2 Å². The number of carbonyl (C=O) groups is 3. The van der Waals surface area contributed by atoms with Crippen LogP contribution in [0.3, 0.4) is 0 Å². The zero-order valence-electron chi connectivity index (χ0n) is 26.0. The van der Waals surface area contributed by atoms with Crippen molar-refractivity contribution >= 4 is 29.3 Å². The summed E-state index contributed by atoms with van der Waals surface area (Å²) in [5.74, 6) is -0.422. The quantitative estimate of drug-likeness (QED) is 0.283. The van der Waals surface area contributed by atoms with Crippen LogP contribution in [0, 0.1) is 11.3 Å². The number of methoxy groups -OCH3 is 1. The number of nitrogens with zero attached hydrogens (tertiary/aromatic N) is 2. The Morgan fingerprint density at radius 3 is 2.30 bits per heavy atom. The van der Waals surface area contributed by atoms with Crippen LogP contribution in [0.4, 0.5) is 16.2 Å². The van der Waals surface area contributed by atoms with Crippen LogP contribution in [0.15, 0.2) is 72.8 Å². The van der Waals surface area contributed by atoms with Gasteiger partial charge in [0.15, 0.2) is 0 Å². The van der Waals surface area contributed by atoms with Crippen molar-refractivity contribution in [3.05, 3.63) is 89.5 Å². The van der Waals surface area contributed by atoms with Gasteiger partial charge in [-0.25, -0.2) is 9.69 Å². The Morgan fingerprint density at radius 2 is 1.70 bits per heavy atom. The first-order valence-electron chi connectivity index (χ1n) is 14.8. The van der Waals surface area contributed by atoms with Gasteiger partial charge in [-0.05, 0) is 59.7 Å². The van der Waals surface area contributed by atoms with E-state index in [2.05, 4.69) is 13.8 Å². The molecule has 1 aliphatic heterocycles. The summed E-state index contributed by atoms with van der Waals surface area (Å²) < 4.78 is 11.1. The Labute approximate surface area is 254 Å². The van der Waals surface area contributed by atoms with E-state index in [0.717, 1.165) is 11.1 Å². The van der Waals surface area contributed by atoms with E-state index in [-0.39, 0.29) is 24.3 Å². The summed E-state index contributed by atoms with van der Waals surface area (Å²) in [6.45, 7) is 10.4. The van der Waals surface area contributed by atoms with Gasteiger partial charge in [-0.15, -0.1) is 0 Å². The first-order valence-corrected chi connectivity index (χ1v) is 14.8. The van der Waals surface area contributed by atoms with Crippen molar-refractivity contribution in [1.29, 1.82) is 0 Å². The number of anilines is 2. The molecule has 1 heterocycles. The Balaban J connectivity index is 1.79. The fourth-order valence-electron chi connectivity index (χ4n) is 5.37. The Morgan fingerprint density at radius 1 is 1.02 bits per heavy atom. The number of benzene rings is 3. The van der Waals surface area contributed by atoms with Crippen LogP contribution in [-0.2, 0) is 27.2 Å². The molecular formula is C35H43N3O5. The van der Waals surface area contributed by atoms with Crippen molar-refractivity contribution in [2.24, 2.45) is 11.3 Å². The monoisotopic (exact) mass is 585 g/mol. The highest BCUT2D eigenvalue weighted by Gasteiger charge is 2.41. The van der Waals surface area contributed by atoms with Crippen molar-refractivity contribution in [2.45, 2.75) is 59.4 Å². The average molecular weight is 586 g/mol. The molecule has 0 radical (unpaired) electrons. The lowest BCUT2D eigenvalue weighted by molar-refractivity contribution is -0.130. The smallest absolute Gasteiger partial charge is 0.417 e. The molecule has 4 rings (SSSR count). The molecule has 0 bridgehead atoms. The van der Waals surface area contributed by atoms with Crippen LogP contribution >= 0.6 is 0 Å². The lowest BCUT2D eigenvalue weighted by Gasteiger charge is -2.33. The summed E-state index contributed by atoms with van der Waals surface area (Å²) >= 11 is 0. The summed E-state index contributed by atoms with van der Waals surface area (Å²) in [4.78, 5) is 44.2. The molecule has 43 heavy (non-hydrogen) atoms. The highest BCUT2D eigenvalue weighted by Crippen LogP contribution is 2.37. The molecule has 8 nitrogen and oxygen atoms in total. The number of nitrogens with two attached hydrogens (primary N) is 1. The molecule has 3 aromatic carbocycles. The van der Waals surface area contributed by atoms with Crippen molar-refractivity contribution < 1.29 is 23.9 Å². The van der Waals surface area contributed by atoms with Gasteiger partial charge in [0.05, 0.1) is 24.8 Å². The van der Waals surface area contributed by atoms with Crippen molar-refractivity contribution in [3.8, 4) is 5.75 Å². The number of ether oxygens (including phenoxy) is 2. The highest BCUT2D eigenvalue weighted by atomic mass is 16.6. The Kier molecular flexibility index (Phi) is 9.79. The highest BCUT2D eigenvalue weighted by molar-refractivity contribution is 6.00. The van der Waals surface area contributed by atoms with Crippen LogP contribution in [0.5, 0.6) is 5.75 Å². The first-order chi connectivity index (χ1) is 20.4. The molecule has 2 unspecified atom stereocenters. The van der Waals surface area contributed by atoms with Gasteiger partial charge in [0.1, 0.15) is 12.4 Å². The number of rotatable bonds is 10. The standard InChI is InChI=1S/C35H43N3O5/c1-23(2)21-37(33(40)35(3,4)5)30-20-26(14-17-31(30)42-6)29(19-25-12-15-27(36)16-13-25)32(39)38-28(22-43-34(38)41)18-24-10-8-7-9-11-24/h7-17,20,23,28-29H,18-19,21-22,36H2,1-6H3. The maximum atomic E-state index is 14.4. The van der Waals surface area contributed by atoms with E-state index in [9.17, 15) is 14.4 Å². The van der Waals surface area contributed by atoms with Gasteiger partial charge in [-0.1, -0.05) is 83.1 Å². The minimum Gasteiger partial charge on any atom is -0.495 e. The molecule has 1 saturated heterocycles. The summed E-state index contributed by atoms with van der Waals surface area (Å²) in [6.07, 6.45) is 0.166. The van der Waals surface area contributed by atoms with E-state index in [4.69, 9.17) is 15.2 Å². The minimum absolute atomic E-state index is 0.0518. The third-order valence-corrected chi connectivity index (χ3v) is 7.56. The maximum Gasteiger partial charge on any atom is 0.417 e. The topological polar surface area (TPSA) is 102 Å². The number of hydrogen-bond acceptors (Lipinski definition) is 6. The number of amides is 3. The molecule has 0 spiro atoms. The molecule has 0 saturated carbocycles. The Hall–Kier alpha value is -4.33. The predicted molar refractivity (Wildman–Crippen MR) is 169 cm³/mol. The normalized spacial score (nSPS) is 15.7. The second-order valence-electron chi connectivity index (χ2n) is 12.6. The lowest BCUT2D eigenvalue weighted by Crippen LogP contribution is -2.43. The summed E-state index contributed by atoms with van der Waals surface area (Å²) in [7, 11) is 1.57. The molecule has 0 aromatic heterocycles. The largest absolute Gasteiger partial charge is 0.495 e. The van der Waals surface area contributed by atoms with Gasteiger partial charge in [0.2, 0.25) is 11.8 Å². The van der Waals surface area contributed by atoms with E-state index >= 15 is 0 Å².